The van der Waals surface area contributed by atoms with Gasteiger partial charge in [0, 0.05) is 53.1 Å². The van der Waals surface area contributed by atoms with Crippen molar-refractivity contribution >= 4 is 82.2 Å². The Balaban J connectivity index is 0.000000254. The minimum absolute atomic E-state index is 0.0124. The number of nitrogens with two attached hydrogens (primary N) is 2. The molecule has 68 heavy (non-hydrogen) atoms. The van der Waals surface area contributed by atoms with E-state index in [0.29, 0.717) is 36.1 Å². The molecule has 2 amide bonds. The molecular formula is C38H46F2N16O12. The molecular weight excluding hydrogens is 909 g/mol. The number of hydrogen-bond donors (Lipinski definition) is 14. The summed E-state index contributed by atoms with van der Waals surface area (Å²) < 4.78 is 28.9. The number of hydrogen-bond acceptors (Lipinski definition) is 20. The number of H-pyrrole nitrogens is 2. The van der Waals surface area contributed by atoms with Crippen LogP contribution < -0.4 is 64.3 Å². The summed E-state index contributed by atoms with van der Waals surface area (Å²) in [6.45, 7) is 1.31. The Kier molecular flexibility index (Phi) is 16.1. The number of pyridine rings is 2. The largest absolute Gasteiger partial charge is 0.481 e. The van der Waals surface area contributed by atoms with Crippen LogP contribution in [0.25, 0.3) is 0 Å². The molecule has 0 radical (unpaired) electrons. The molecule has 30 heteroatoms. The van der Waals surface area contributed by atoms with Crippen LogP contribution in [0.2, 0.25) is 0 Å². The predicted octanol–water partition coefficient (Wildman–Crippen LogP) is -1.45. The van der Waals surface area contributed by atoms with Crippen LogP contribution in [-0.2, 0) is 19.2 Å². The summed E-state index contributed by atoms with van der Waals surface area (Å²) in [5, 5.41) is 51.7. The van der Waals surface area contributed by atoms with Crippen LogP contribution in [0.1, 0.15) is 46.4 Å². The number of nitrogens with zero attached hydrogens (tertiary/aromatic N) is 6. The number of carboxylic acids is 4. The van der Waals surface area contributed by atoms with Crippen molar-refractivity contribution in [2.24, 2.45) is 0 Å². The summed E-state index contributed by atoms with van der Waals surface area (Å²) >= 11 is 0. The maximum absolute atomic E-state index is 14.5. The number of nitrogens with one attached hydrogen (secondary N) is 8. The van der Waals surface area contributed by atoms with Crippen molar-refractivity contribution in [3.8, 4) is 0 Å². The first kappa shape index (κ1) is 50.1. The van der Waals surface area contributed by atoms with E-state index in [1.165, 1.54) is 12.1 Å². The molecule has 6 rings (SSSR count). The SMILES string of the molecule is CN1c2c(nc(N)[nH]c2=O)NC[C@@H]1CNc1ccc(C(=O)N[C@@H](CCC(=O)O)C(=O)O)c([18F])n1.CN1c2c(nc(N)[nH]c2=O)NC[C@H]1CNc1ccc(C(=O)N[C@@H](CCC(=O)O)C(=O)O)c([18F])n1. The molecule has 0 saturated heterocycles. The van der Waals surface area contributed by atoms with Gasteiger partial charge in [-0.1, -0.05) is 0 Å². The van der Waals surface area contributed by atoms with E-state index in [4.69, 9.17) is 31.9 Å². The number of aromatic nitrogens is 6. The van der Waals surface area contributed by atoms with Crippen molar-refractivity contribution in [1.29, 1.82) is 0 Å². The van der Waals surface area contributed by atoms with Gasteiger partial charge in [-0.2, -0.15) is 18.7 Å². The molecule has 0 unspecified atom stereocenters. The van der Waals surface area contributed by atoms with Gasteiger partial charge >= 0.3 is 23.9 Å². The van der Waals surface area contributed by atoms with E-state index in [1.54, 1.807) is 23.9 Å². The molecule has 2 aliphatic rings. The van der Waals surface area contributed by atoms with Crippen molar-refractivity contribution in [1.82, 2.24) is 40.5 Å². The highest BCUT2D eigenvalue weighted by Crippen LogP contribution is 2.26. The second kappa shape index (κ2) is 21.9. The number of likely N-dealkylation sites (N-methyl/N-ethyl adjacent to an activating group) is 2. The lowest BCUT2D eigenvalue weighted by molar-refractivity contribution is -0.142. The van der Waals surface area contributed by atoms with Crippen LogP contribution in [-0.4, -0.2) is 150 Å². The zero-order valence-electron chi connectivity index (χ0n) is 35.9. The van der Waals surface area contributed by atoms with E-state index >= 15 is 0 Å². The second-order valence-electron chi connectivity index (χ2n) is 15.0. The van der Waals surface area contributed by atoms with Gasteiger partial charge in [-0.05, 0) is 37.1 Å². The molecule has 0 fully saturated rings. The number of aromatic amines is 2. The van der Waals surface area contributed by atoms with E-state index in [2.05, 4.69) is 61.8 Å². The van der Waals surface area contributed by atoms with Gasteiger partial charge in [-0.25, -0.2) is 19.6 Å². The van der Waals surface area contributed by atoms with Gasteiger partial charge in [0.15, 0.2) is 11.6 Å². The van der Waals surface area contributed by atoms with Crippen molar-refractivity contribution in [2.45, 2.75) is 49.9 Å². The van der Waals surface area contributed by atoms with Crippen LogP contribution >= 0.6 is 0 Å². The number of carbonyl (C=O) groups excluding carboxylic acids is 2. The zero-order valence-corrected chi connectivity index (χ0v) is 35.9. The number of anilines is 8. The van der Waals surface area contributed by atoms with Gasteiger partial charge in [-0.3, -0.25) is 38.7 Å². The van der Waals surface area contributed by atoms with Gasteiger partial charge in [0.2, 0.25) is 23.8 Å². The number of carboxylic acid groups (broad SMARTS) is 4. The van der Waals surface area contributed by atoms with Gasteiger partial charge in [0.05, 0.1) is 23.2 Å². The first-order valence-corrected chi connectivity index (χ1v) is 20.2. The molecule has 16 N–H and O–H groups in total. The lowest BCUT2D eigenvalue weighted by Gasteiger charge is -2.35. The Bertz CT molecular complexity index is 2520. The van der Waals surface area contributed by atoms with E-state index in [9.17, 15) is 47.1 Å². The Hall–Kier alpha value is -8.86. The Morgan fingerprint density at radius 2 is 1.03 bits per heavy atom. The maximum atomic E-state index is 14.5. The normalized spacial score (nSPS) is 15.6. The highest BCUT2D eigenvalue weighted by molar-refractivity contribution is 5.97. The fourth-order valence-corrected chi connectivity index (χ4v) is 6.73. The van der Waals surface area contributed by atoms with E-state index in [0.717, 1.165) is 12.1 Å². The summed E-state index contributed by atoms with van der Waals surface area (Å²) in [5.74, 6) is -8.78. The Morgan fingerprint density at radius 3 is 1.35 bits per heavy atom. The number of carbonyl (C=O) groups is 6. The third-order valence-electron chi connectivity index (χ3n) is 10.4. The minimum atomic E-state index is -1.49. The predicted molar refractivity (Wildman–Crippen MR) is 237 cm³/mol. The molecule has 0 saturated carbocycles. The molecule has 6 heterocycles. The van der Waals surface area contributed by atoms with Crippen LogP contribution in [0.15, 0.2) is 33.9 Å². The highest BCUT2D eigenvalue weighted by atomic mass is 18.2. The third kappa shape index (κ3) is 12.7. The lowest BCUT2D eigenvalue weighted by Crippen LogP contribution is -2.48. The van der Waals surface area contributed by atoms with Crippen LogP contribution in [0.5, 0.6) is 0 Å². The van der Waals surface area contributed by atoms with Gasteiger partial charge in [0.1, 0.15) is 35.1 Å². The average Bonchev–Trinajstić information content (AvgIpc) is 3.25. The molecule has 0 aliphatic carbocycles. The molecule has 4 atom stereocenters. The molecule has 28 nitrogen and oxygen atoms in total. The summed E-state index contributed by atoms with van der Waals surface area (Å²) in [6.07, 6.45) is -1.68. The summed E-state index contributed by atoms with van der Waals surface area (Å²) in [4.78, 5) is 116. The fourth-order valence-electron chi connectivity index (χ4n) is 6.73. The molecule has 0 bridgehead atoms. The van der Waals surface area contributed by atoms with Crippen molar-refractivity contribution in [3.05, 3.63) is 68.0 Å². The van der Waals surface area contributed by atoms with Crippen molar-refractivity contribution in [3.63, 3.8) is 0 Å². The summed E-state index contributed by atoms with van der Waals surface area (Å²) in [7, 11) is 3.40. The number of fused-ring (bicyclic) bond motifs is 2. The smallest absolute Gasteiger partial charge is 0.326 e. The summed E-state index contributed by atoms with van der Waals surface area (Å²) in [5.41, 5.74) is 9.89. The molecule has 4 aromatic rings. The maximum Gasteiger partial charge on any atom is 0.326 e. The van der Waals surface area contributed by atoms with E-state index in [-0.39, 0.29) is 61.5 Å². The second-order valence-corrected chi connectivity index (χ2v) is 15.0. The number of rotatable bonds is 18. The van der Waals surface area contributed by atoms with Gasteiger partial charge in [-0.15, -0.1) is 0 Å². The van der Waals surface area contributed by atoms with Crippen LogP contribution in [0.4, 0.5) is 55.3 Å². The average molecular weight is 955 g/mol. The van der Waals surface area contributed by atoms with Crippen molar-refractivity contribution in [2.75, 3.05) is 82.8 Å². The Morgan fingerprint density at radius 1 is 0.662 bits per heavy atom. The van der Waals surface area contributed by atoms with E-state index in [1.807, 2.05) is 0 Å². The number of halogens is 2. The standard InChI is InChI=1S/2C19H23FN8O6/c2*1-28-8(7-23-15-13(28)17(32)27-19(21)26-15)6-22-11-4-2-9(14(20)25-11)16(31)24-10(18(33)34)3-5-12(29)30/h2*2,4,8,10H,3,5-7H2,1H3,(H,22,25)(H,24,31)(H,29,30)(H,33,34)(H4,21,23,26,27,32)/t8-,10+;8-,10-/m10/s1/i2*20-1. The van der Waals surface area contributed by atoms with Crippen LogP contribution in [0.3, 0.4) is 0 Å². The molecule has 4 aromatic heterocycles. The number of nitrogen functional groups attached to an aromatic ring is 2. The summed E-state index contributed by atoms with van der Waals surface area (Å²) in [6, 6.07) is 1.47. The molecule has 2 aliphatic heterocycles. The molecule has 0 spiro atoms. The quantitative estimate of drug-likeness (QED) is 0.0507. The number of aliphatic carboxylic acids is 4. The third-order valence-corrected chi connectivity index (χ3v) is 10.4. The van der Waals surface area contributed by atoms with Gasteiger partial charge < -0.3 is 73.6 Å². The fraction of sp³-hybridized carbons (Fsp3) is 0.368. The molecule has 0 aromatic carbocycles. The highest BCUT2D eigenvalue weighted by Gasteiger charge is 2.30. The minimum Gasteiger partial charge on any atom is -0.481 e. The molecule has 364 valence electrons. The lowest BCUT2D eigenvalue weighted by atomic mass is 10.1. The van der Waals surface area contributed by atoms with Gasteiger partial charge in [0.25, 0.3) is 22.9 Å². The zero-order chi connectivity index (χ0) is 50.0. The first-order valence-electron chi connectivity index (χ1n) is 20.2. The first-order chi connectivity index (χ1) is 32.1. The Labute approximate surface area is 381 Å². The number of amides is 2. The monoisotopic (exact) mass is 954 g/mol. The van der Waals surface area contributed by atoms with E-state index < -0.39 is 94.8 Å². The topological polar surface area (TPSA) is 431 Å². The van der Waals surface area contributed by atoms with Crippen LogP contribution in [0, 0.1) is 11.9 Å². The van der Waals surface area contributed by atoms with Crippen molar-refractivity contribution < 1.29 is 58.0 Å².